The first-order chi connectivity index (χ1) is 18.8. The molecule has 3 aromatic carbocycles. The summed E-state index contributed by atoms with van der Waals surface area (Å²) in [6.45, 7) is 10.4. The third kappa shape index (κ3) is 6.74. The zero-order valence-electron chi connectivity index (χ0n) is 23.4. The predicted molar refractivity (Wildman–Crippen MR) is 158 cm³/mol. The van der Waals surface area contributed by atoms with Crippen LogP contribution in [0.5, 0.6) is 0 Å². The smallest absolute Gasteiger partial charge is 0.315 e. The lowest BCUT2D eigenvalue weighted by Crippen LogP contribution is -2.42. The Morgan fingerprint density at radius 1 is 0.897 bits per heavy atom. The Morgan fingerprint density at radius 2 is 1.56 bits per heavy atom. The number of amides is 3. The van der Waals surface area contributed by atoms with Crippen molar-refractivity contribution in [2.24, 2.45) is 5.92 Å². The number of carbonyl (C=O) groups excluding carboxylic acids is 2. The number of carbonyl (C=O) groups is 2. The molecular formula is C32H37N5O2. The Kier molecular flexibility index (Phi) is 8.81. The van der Waals surface area contributed by atoms with Crippen molar-refractivity contribution in [1.29, 1.82) is 0 Å². The Hall–Kier alpha value is -4.39. The van der Waals surface area contributed by atoms with Gasteiger partial charge in [-0.1, -0.05) is 81.4 Å². The molecule has 0 atom stereocenters. The maximum atomic E-state index is 13.5. The lowest BCUT2D eigenvalue weighted by Gasteiger charge is -2.25. The lowest BCUT2D eigenvalue weighted by atomic mass is 10.1. The summed E-state index contributed by atoms with van der Waals surface area (Å²) in [5.74, 6) is 0.475. The highest BCUT2D eigenvalue weighted by molar-refractivity contribution is 5.99. The normalized spacial score (nSPS) is 10.9. The number of para-hydroxylation sites is 1. The highest BCUT2D eigenvalue weighted by atomic mass is 16.2. The molecule has 7 nitrogen and oxygen atoms in total. The second kappa shape index (κ2) is 12.4. The number of hydrogen-bond donors (Lipinski definition) is 2. The summed E-state index contributed by atoms with van der Waals surface area (Å²) in [6, 6.07) is 25.3. The predicted octanol–water partition coefficient (Wildman–Crippen LogP) is 6.85. The molecule has 4 aromatic rings. The molecule has 4 rings (SSSR count). The molecule has 39 heavy (non-hydrogen) atoms. The van der Waals surface area contributed by atoms with Gasteiger partial charge < -0.3 is 15.5 Å². The van der Waals surface area contributed by atoms with E-state index >= 15 is 0 Å². The van der Waals surface area contributed by atoms with E-state index in [0.717, 1.165) is 34.5 Å². The summed E-state index contributed by atoms with van der Waals surface area (Å²) < 4.78 is 1.78. The third-order valence-corrected chi connectivity index (χ3v) is 6.55. The molecule has 0 spiro atoms. The fraction of sp³-hybridized carbons (Fsp3) is 0.281. The molecule has 0 aliphatic heterocycles. The maximum absolute atomic E-state index is 13.5. The summed E-state index contributed by atoms with van der Waals surface area (Å²) >= 11 is 0. The first-order valence-corrected chi connectivity index (χ1v) is 13.4. The molecule has 7 heteroatoms. The monoisotopic (exact) mass is 523 g/mol. The van der Waals surface area contributed by atoms with E-state index in [2.05, 4.69) is 17.6 Å². The van der Waals surface area contributed by atoms with E-state index in [1.807, 2.05) is 107 Å². The molecule has 2 N–H and O–H groups in total. The number of nitrogens with zero attached hydrogens (tertiary/aromatic N) is 3. The second-order valence-electron chi connectivity index (χ2n) is 10.2. The van der Waals surface area contributed by atoms with Crippen LogP contribution in [0.25, 0.3) is 16.8 Å². The van der Waals surface area contributed by atoms with Gasteiger partial charge in [0.05, 0.1) is 11.4 Å². The molecule has 0 aliphatic rings. The standard InChI is InChI=1S/C32H37N5O2/c1-6-25-16-18-27(19-17-25)33-32(39)36(20-22(2)3)21-29(38)34-31-30(26-13-8-7-9-14-26)24(5)35-37(31)28-15-11-10-12-23(28)4/h7-19,22H,6,20-21H2,1-5H3,(H,33,39)(H,34,38). The Bertz CT molecular complexity index is 1420. The summed E-state index contributed by atoms with van der Waals surface area (Å²) in [7, 11) is 0. The number of aryl methyl sites for hydroxylation is 3. The van der Waals surface area contributed by atoms with Crippen LogP contribution in [-0.4, -0.2) is 39.7 Å². The minimum Gasteiger partial charge on any atom is -0.315 e. The molecule has 3 amide bonds. The zero-order valence-corrected chi connectivity index (χ0v) is 23.4. The van der Waals surface area contributed by atoms with Crippen molar-refractivity contribution in [3.63, 3.8) is 0 Å². The average molecular weight is 524 g/mol. The summed E-state index contributed by atoms with van der Waals surface area (Å²) in [4.78, 5) is 28.3. The van der Waals surface area contributed by atoms with Crippen molar-refractivity contribution in [1.82, 2.24) is 14.7 Å². The molecule has 1 heterocycles. The van der Waals surface area contributed by atoms with Crippen molar-refractivity contribution in [3.05, 3.63) is 95.7 Å². The fourth-order valence-corrected chi connectivity index (χ4v) is 4.60. The van der Waals surface area contributed by atoms with Crippen molar-refractivity contribution < 1.29 is 9.59 Å². The van der Waals surface area contributed by atoms with Gasteiger partial charge in [0.1, 0.15) is 12.4 Å². The molecule has 0 radical (unpaired) electrons. The molecule has 1 aromatic heterocycles. The summed E-state index contributed by atoms with van der Waals surface area (Å²) in [6.07, 6.45) is 0.928. The van der Waals surface area contributed by atoms with Crippen LogP contribution in [0.2, 0.25) is 0 Å². The molecule has 0 aliphatic carbocycles. The Balaban J connectivity index is 1.63. The quantitative estimate of drug-likeness (QED) is 0.252. The van der Waals surface area contributed by atoms with Crippen LogP contribution in [0.15, 0.2) is 78.9 Å². The largest absolute Gasteiger partial charge is 0.322 e. The fourth-order valence-electron chi connectivity index (χ4n) is 4.60. The van der Waals surface area contributed by atoms with Crippen LogP contribution >= 0.6 is 0 Å². The van der Waals surface area contributed by atoms with Gasteiger partial charge in [-0.3, -0.25) is 4.79 Å². The van der Waals surface area contributed by atoms with Crippen LogP contribution in [-0.2, 0) is 11.2 Å². The van der Waals surface area contributed by atoms with Gasteiger partial charge in [-0.2, -0.15) is 5.10 Å². The van der Waals surface area contributed by atoms with E-state index < -0.39 is 0 Å². The van der Waals surface area contributed by atoms with Crippen LogP contribution in [0.1, 0.15) is 37.6 Å². The van der Waals surface area contributed by atoms with Crippen LogP contribution in [0.4, 0.5) is 16.3 Å². The number of urea groups is 1. The highest BCUT2D eigenvalue weighted by Crippen LogP contribution is 2.34. The maximum Gasteiger partial charge on any atom is 0.322 e. The Morgan fingerprint density at radius 3 is 2.21 bits per heavy atom. The Labute approximate surface area is 230 Å². The van der Waals surface area contributed by atoms with Crippen molar-refractivity contribution in [2.45, 2.75) is 41.0 Å². The van der Waals surface area contributed by atoms with Gasteiger partial charge in [-0.25, -0.2) is 9.48 Å². The van der Waals surface area contributed by atoms with E-state index in [0.29, 0.717) is 18.1 Å². The molecule has 0 saturated carbocycles. The van der Waals surface area contributed by atoms with Crippen molar-refractivity contribution >= 4 is 23.4 Å². The number of hydrogen-bond acceptors (Lipinski definition) is 3. The van der Waals surface area contributed by atoms with Gasteiger partial charge in [-0.05, 0) is 61.1 Å². The number of nitrogens with one attached hydrogen (secondary N) is 2. The van der Waals surface area contributed by atoms with E-state index in [4.69, 9.17) is 5.10 Å². The number of anilines is 2. The van der Waals surface area contributed by atoms with Crippen LogP contribution in [0.3, 0.4) is 0 Å². The van der Waals surface area contributed by atoms with Gasteiger partial charge in [0.25, 0.3) is 0 Å². The highest BCUT2D eigenvalue weighted by Gasteiger charge is 2.24. The topological polar surface area (TPSA) is 79.3 Å². The van der Waals surface area contributed by atoms with Gasteiger partial charge in [0.2, 0.25) is 5.91 Å². The molecule has 0 saturated heterocycles. The minimum atomic E-state index is -0.310. The van der Waals surface area contributed by atoms with Gasteiger partial charge >= 0.3 is 6.03 Å². The molecule has 0 unspecified atom stereocenters. The minimum absolute atomic E-state index is 0.0940. The molecular weight excluding hydrogens is 486 g/mol. The number of rotatable bonds is 9. The van der Waals surface area contributed by atoms with Crippen molar-refractivity contribution in [2.75, 3.05) is 23.7 Å². The van der Waals surface area contributed by atoms with Gasteiger partial charge in [0, 0.05) is 17.8 Å². The first-order valence-electron chi connectivity index (χ1n) is 13.4. The van der Waals surface area contributed by atoms with Gasteiger partial charge in [0.15, 0.2) is 0 Å². The van der Waals surface area contributed by atoms with E-state index in [1.165, 1.54) is 5.56 Å². The average Bonchev–Trinajstić information content (AvgIpc) is 3.24. The molecule has 0 fully saturated rings. The van der Waals surface area contributed by atoms with Crippen molar-refractivity contribution in [3.8, 4) is 16.8 Å². The van der Waals surface area contributed by atoms with E-state index in [1.54, 1.807) is 9.58 Å². The summed E-state index contributed by atoms with van der Waals surface area (Å²) in [5, 5.41) is 10.9. The van der Waals surface area contributed by atoms with Crippen LogP contribution in [0, 0.1) is 19.8 Å². The number of aromatic nitrogens is 2. The van der Waals surface area contributed by atoms with E-state index in [-0.39, 0.29) is 24.4 Å². The second-order valence-corrected chi connectivity index (χ2v) is 10.2. The zero-order chi connectivity index (χ0) is 27.9. The first kappa shape index (κ1) is 27.6. The third-order valence-electron chi connectivity index (χ3n) is 6.55. The SMILES string of the molecule is CCc1ccc(NC(=O)N(CC(=O)Nc2c(-c3ccccc3)c(C)nn2-c2ccccc2C)CC(C)C)cc1. The lowest BCUT2D eigenvalue weighted by molar-refractivity contribution is -0.116. The number of benzene rings is 3. The van der Waals surface area contributed by atoms with Gasteiger partial charge in [-0.15, -0.1) is 0 Å². The summed E-state index contributed by atoms with van der Waals surface area (Å²) in [5.41, 5.74) is 6.41. The van der Waals surface area contributed by atoms with Crippen LogP contribution < -0.4 is 10.6 Å². The molecule has 202 valence electrons. The molecule has 0 bridgehead atoms. The van der Waals surface area contributed by atoms with E-state index in [9.17, 15) is 9.59 Å².